The molecular weight excluding hydrogens is 400 g/mol. The fraction of sp³-hybridized carbons (Fsp3) is 0.238. The van der Waals surface area contributed by atoms with E-state index in [1.54, 1.807) is 43.3 Å². The van der Waals surface area contributed by atoms with Crippen molar-refractivity contribution in [3.05, 3.63) is 60.2 Å². The topological polar surface area (TPSA) is 139 Å². The maximum absolute atomic E-state index is 11.5. The van der Waals surface area contributed by atoms with E-state index in [2.05, 4.69) is 27.2 Å². The molecule has 0 radical (unpaired) electrons. The Bertz CT molecular complexity index is 1100. The van der Waals surface area contributed by atoms with E-state index < -0.39 is 12.2 Å². The summed E-state index contributed by atoms with van der Waals surface area (Å²) in [5.41, 5.74) is 9.10. The van der Waals surface area contributed by atoms with Crippen molar-refractivity contribution in [2.45, 2.75) is 13.2 Å². The molecule has 1 heterocycles. The van der Waals surface area contributed by atoms with Crippen LogP contribution < -0.4 is 16.0 Å². The predicted molar refractivity (Wildman–Crippen MR) is 117 cm³/mol. The van der Waals surface area contributed by atoms with Crippen molar-refractivity contribution >= 4 is 34.3 Å². The first-order valence-electron chi connectivity index (χ1n) is 9.49. The Morgan fingerprint density at radius 2 is 2.00 bits per heavy atom. The molecule has 162 valence electrons. The second-order valence-corrected chi connectivity index (χ2v) is 6.86. The lowest BCUT2D eigenvalue weighted by atomic mass is 10.2. The van der Waals surface area contributed by atoms with Gasteiger partial charge in [0.2, 0.25) is 0 Å². The molecule has 10 nitrogen and oxygen atoms in total. The van der Waals surface area contributed by atoms with Gasteiger partial charge in [0.15, 0.2) is 23.2 Å². The zero-order valence-electron chi connectivity index (χ0n) is 17.3. The molecule has 3 rings (SSSR count). The monoisotopic (exact) mass is 424 g/mol. The highest BCUT2D eigenvalue weighted by molar-refractivity contribution is 6.03. The van der Waals surface area contributed by atoms with E-state index in [4.69, 9.17) is 15.1 Å². The Labute approximate surface area is 179 Å². The summed E-state index contributed by atoms with van der Waals surface area (Å²) < 4.78 is 10.0. The number of likely N-dealkylation sites (N-methyl/N-ethyl adjacent to an activating group) is 1. The minimum atomic E-state index is -1.10. The second-order valence-electron chi connectivity index (χ2n) is 6.86. The van der Waals surface area contributed by atoms with E-state index in [1.807, 2.05) is 18.0 Å². The van der Waals surface area contributed by atoms with Gasteiger partial charge in [0.05, 0.1) is 17.9 Å². The fourth-order valence-corrected chi connectivity index (χ4v) is 2.78. The van der Waals surface area contributed by atoms with Gasteiger partial charge >= 0.3 is 5.97 Å². The number of nitrogens with zero attached hydrogens (tertiary/aromatic N) is 4. The first-order chi connectivity index (χ1) is 14.9. The largest absolute Gasteiger partial charge is 0.460 e. The molecule has 0 aliphatic carbocycles. The number of hydrogen-bond donors (Lipinski definition) is 3. The Balaban J connectivity index is 1.72. The lowest BCUT2D eigenvalue weighted by Crippen LogP contribution is -2.25. The van der Waals surface area contributed by atoms with Crippen molar-refractivity contribution in [1.29, 1.82) is 0 Å². The summed E-state index contributed by atoms with van der Waals surface area (Å²) in [6, 6.07) is 12.5. The van der Waals surface area contributed by atoms with Crippen LogP contribution in [0.1, 0.15) is 18.7 Å². The van der Waals surface area contributed by atoms with Gasteiger partial charge < -0.3 is 25.8 Å². The number of benzene rings is 2. The molecule has 1 aromatic heterocycles. The number of anilines is 2. The molecule has 0 spiro atoms. The number of hydrogen-bond acceptors (Lipinski definition) is 8. The number of carbonyl (C=O) groups excluding carboxylic acids is 1. The Hall–Kier alpha value is -3.92. The summed E-state index contributed by atoms with van der Waals surface area (Å²) in [5.74, 6) is -0.429. The van der Waals surface area contributed by atoms with Crippen LogP contribution >= 0.6 is 0 Å². The van der Waals surface area contributed by atoms with E-state index in [1.165, 1.54) is 0 Å². The number of fused-ring (bicyclic) bond motifs is 1. The maximum atomic E-state index is 11.5. The maximum Gasteiger partial charge on any atom is 0.333 e. The zero-order valence-corrected chi connectivity index (χ0v) is 17.3. The molecule has 0 bridgehead atoms. The average Bonchev–Trinajstić information content (AvgIpc) is 3.24. The van der Waals surface area contributed by atoms with Crippen molar-refractivity contribution in [2.24, 2.45) is 10.7 Å². The molecule has 4 N–H and O–H groups in total. The van der Waals surface area contributed by atoms with E-state index in [0.29, 0.717) is 34.4 Å². The van der Waals surface area contributed by atoms with Crippen LogP contribution in [0.4, 0.5) is 11.4 Å². The van der Waals surface area contributed by atoms with E-state index in [0.717, 1.165) is 5.69 Å². The number of aliphatic hydroxyl groups is 1. The minimum Gasteiger partial charge on any atom is -0.460 e. The van der Waals surface area contributed by atoms with E-state index >= 15 is 0 Å². The first kappa shape index (κ1) is 21.8. The van der Waals surface area contributed by atoms with Crippen LogP contribution in [0.25, 0.3) is 11.0 Å². The lowest BCUT2D eigenvalue weighted by molar-refractivity contribution is -0.138. The van der Waals surface area contributed by atoms with Gasteiger partial charge in [0.1, 0.15) is 6.61 Å². The van der Waals surface area contributed by atoms with Crippen LogP contribution in [0.3, 0.4) is 0 Å². The van der Waals surface area contributed by atoms with Crippen molar-refractivity contribution in [1.82, 2.24) is 10.3 Å². The normalized spacial score (nSPS) is 12.4. The Kier molecular flexibility index (Phi) is 6.83. The van der Waals surface area contributed by atoms with Gasteiger partial charge in [-0.15, -0.1) is 0 Å². The minimum absolute atomic E-state index is 0.00784. The second kappa shape index (κ2) is 9.72. The van der Waals surface area contributed by atoms with Gasteiger partial charge in [-0.25, -0.2) is 14.4 Å². The molecule has 0 saturated heterocycles. The number of carbonyl (C=O) groups is 1. The number of nitrogens with two attached hydrogens (primary N) is 1. The predicted octanol–water partition coefficient (Wildman–Crippen LogP) is 2.20. The number of ether oxygens (including phenoxy) is 1. The SMILES string of the molecule is C=C(C)C(=O)OCCN(C)c1ccc(N/C(N)=N/C(O)c2ccccc2)c2nonc12. The van der Waals surface area contributed by atoms with Crippen LogP contribution in [0.15, 0.2) is 64.2 Å². The number of nitrogens with one attached hydrogen (secondary N) is 1. The van der Waals surface area contributed by atoms with Gasteiger partial charge in [-0.3, -0.25) is 0 Å². The van der Waals surface area contributed by atoms with Crippen molar-refractivity contribution < 1.29 is 19.3 Å². The van der Waals surface area contributed by atoms with Crippen LogP contribution in [0, 0.1) is 0 Å². The zero-order chi connectivity index (χ0) is 22.4. The van der Waals surface area contributed by atoms with Crippen LogP contribution in [0.5, 0.6) is 0 Å². The molecular formula is C21H24N6O4. The number of esters is 1. The van der Waals surface area contributed by atoms with Crippen molar-refractivity contribution in [3.63, 3.8) is 0 Å². The van der Waals surface area contributed by atoms with E-state index in [9.17, 15) is 9.90 Å². The molecule has 0 aliphatic heterocycles. The highest BCUT2D eigenvalue weighted by Crippen LogP contribution is 2.29. The van der Waals surface area contributed by atoms with Gasteiger partial charge in [-0.1, -0.05) is 36.9 Å². The highest BCUT2D eigenvalue weighted by atomic mass is 16.6. The summed E-state index contributed by atoms with van der Waals surface area (Å²) in [5, 5.41) is 21.0. The molecule has 10 heteroatoms. The van der Waals surface area contributed by atoms with Gasteiger partial charge in [-0.05, 0) is 29.4 Å². The Morgan fingerprint density at radius 1 is 1.29 bits per heavy atom. The number of guanidine groups is 1. The third-order valence-electron chi connectivity index (χ3n) is 4.44. The number of aromatic nitrogens is 2. The van der Waals surface area contributed by atoms with Crippen molar-refractivity contribution in [2.75, 3.05) is 30.4 Å². The number of aliphatic hydroxyl groups excluding tert-OH is 1. The number of aliphatic imine (C=N–C) groups is 1. The molecule has 0 saturated carbocycles. The summed E-state index contributed by atoms with van der Waals surface area (Å²) in [7, 11) is 1.83. The standard InChI is InChI=1S/C21H24N6O4/c1-13(2)20(29)30-12-11-27(3)16-10-9-15(17-18(16)26-31-25-17)23-21(22)24-19(28)14-7-5-4-6-8-14/h4-10,19,28H,1,11-12H2,2-3H3,(H3,22,23,24). The number of rotatable bonds is 8. The quantitative estimate of drug-likeness (QED) is 0.215. The average molecular weight is 424 g/mol. The molecule has 31 heavy (non-hydrogen) atoms. The molecule has 0 aliphatic rings. The fourth-order valence-electron chi connectivity index (χ4n) is 2.78. The third kappa shape index (κ3) is 5.37. The molecule has 3 aromatic rings. The van der Waals surface area contributed by atoms with Crippen LogP contribution in [0.2, 0.25) is 0 Å². The molecule has 2 aromatic carbocycles. The van der Waals surface area contributed by atoms with Crippen molar-refractivity contribution in [3.8, 4) is 0 Å². The molecule has 1 unspecified atom stereocenters. The van der Waals surface area contributed by atoms with Gasteiger partial charge in [0, 0.05) is 18.2 Å². The highest BCUT2D eigenvalue weighted by Gasteiger charge is 2.16. The lowest BCUT2D eigenvalue weighted by Gasteiger charge is -2.19. The molecule has 1 atom stereocenters. The Morgan fingerprint density at radius 3 is 2.71 bits per heavy atom. The molecule has 0 fully saturated rings. The summed E-state index contributed by atoms with van der Waals surface area (Å²) in [4.78, 5) is 17.4. The van der Waals surface area contributed by atoms with Gasteiger partial charge in [-0.2, -0.15) is 0 Å². The third-order valence-corrected chi connectivity index (χ3v) is 4.44. The van der Waals surface area contributed by atoms with E-state index in [-0.39, 0.29) is 12.6 Å². The molecule has 0 amide bonds. The summed E-state index contributed by atoms with van der Waals surface area (Å²) >= 11 is 0. The smallest absolute Gasteiger partial charge is 0.333 e. The van der Waals surface area contributed by atoms with Crippen LogP contribution in [-0.2, 0) is 9.53 Å². The van der Waals surface area contributed by atoms with Crippen LogP contribution in [-0.4, -0.2) is 47.5 Å². The summed E-state index contributed by atoms with van der Waals surface area (Å²) in [6.45, 7) is 5.76. The first-order valence-corrected chi connectivity index (χ1v) is 9.49. The van der Waals surface area contributed by atoms with Gasteiger partial charge in [0.25, 0.3) is 0 Å². The summed E-state index contributed by atoms with van der Waals surface area (Å²) in [6.07, 6.45) is -1.10.